The molecule has 0 amide bonds. The molecule has 3 heteroatoms. The van der Waals surface area contributed by atoms with Crippen LogP contribution in [0.3, 0.4) is 0 Å². The zero-order valence-corrected chi connectivity index (χ0v) is 18.8. The van der Waals surface area contributed by atoms with Crippen molar-refractivity contribution in [1.29, 1.82) is 0 Å². The zero-order valence-electron chi connectivity index (χ0n) is 18.8. The second kappa shape index (κ2) is 6.33. The van der Waals surface area contributed by atoms with E-state index in [2.05, 4.69) is 27.7 Å². The van der Waals surface area contributed by atoms with Gasteiger partial charge in [-0.15, -0.1) is 0 Å². The summed E-state index contributed by atoms with van der Waals surface area (Å²) in [4.78, 5) is 12.5. The van der Waals surface area contributed by atoms with Gasteiger partial charge in [0, 0.05) is 11.0 Å². The first-order valence-corrected chi connectivity index (χ1v) is 11.5. The van der Waals surface area contributed by atoms with E-state index in [1.807, 2.05) is 19.9 Å². The molecule has 0 heterocycles. The first kappa shape index (κ1) is 20.4. The fourth-order valence-corrected chi connectivity index (χ4v) is 8.55. The lowest BCUT2D eigenvalue weighted by Crippen LogP contribution is -2.59. The Balaban J connectivity index is 1.60. The van der Waals surface area contributed by atoms with E-state index in [0.29, 0.717) is 34.2 Å². The molecule has 0 aliphatic heterocycles. The van der Waals surface area contributed by atoms with Crippen LogP contribution in [0.5, 0.6) is 0 Å². The minimum atomic E-state index is -0.468. The van der Waals surface area contributed by atoms with Gasteiger partial charge in [0.1, 0.15) is 6.10 Å². The number of rotatable bonds is 2. The van der Waals surface area contributed by atoms with Gasteiger partial charge in [-0.05, 0) is 101 Å². The van der Waals surface area contributed by atoms with Gasteiger partial charge in [0.15, 0.2) is 0 Å². The molecule has 0 aromatic heterocycles. The van der Waals surface area contributed by atoms with Gasteiger partial charge in [0.2, 0.25) is 0 Å². The lowest BCUT2D eigenvalue weighted by molar-refractivity contribution is -0.196. The summed E-state index contributed by atoms with van der Waals surface area (Å²) >= 11 is 0. The van der Waals surface area contributed by atoms with Gasteiger partial charge in [0.25, 0.3) is 0 Å². The molecule has 158 valence electrons. The zero-order chi connectivity index (χ0) is 20.5. The molecule has 28 heavy (non-hydrogen) atoms. The van der Waals surface area contributed by atoms with Crippen LogP contribution in [0.4, 0.5) is 0 Å². The molecule has 4 rings (SSSR count). The molecule has 4 aliphatic carbocycles. The average Bonchev–Trinajstić information content (AvgIpc) is 2.80. The van der Waals surface area contributed by atoms with E-state index in [1.54, 1.807) is 0 Å². The van der Waals surface area contributed by atoms with Crippen LogP contribution in [0.1, 0.15) is 92.9 Å². The van der Waals surface area contributed by atoms with Crippen LogP contribution in [-0.4, -0.2) is 22.8 Å². The van der Waals surface area contributed by atoms with Gasteiger partial charge >= 0.3 is 5.97 Å². The van der Waals surface area contributed by atoms with Crippen molar-refractivity contribution in [3.05, 3.63) is 11.6 Å². The highest BCUT2D eigenvalue weighted by Gasteiger charge is 2.67. The normalized spacial score (nSPS) is 49.9. The maximum atomic E-state index is 12.5. The Morgan fingerprint density at radius 3 is 2.43 bits per heavy atom. The predicted molar refractivity (Wildman–Crippen MR) is 112 cm³/mol. The summed E-state index contributed by atoms with van der Waals surface area (Å²) in [6, 6.07) is 0. The quantitative estimate of drug-likeness (QED) is 0.490. The topological polar surface area (TPSA) is 46.5 Å². The van der Waals surface area contributed by atoms with E-state index in [4.69, 9.17) is 4.74 Å². The lowest BCUT2D eigenvalue weighted by atomic mass is 9.41. The SMILES string of the molecule is CC=C(C)C(=O)OC1CCC2(C)C3CCC4CC3(CCC2C1(C)C)CC4(C)O. The Labute approximate surface area is 171 Å². The van der Waals surface area contributed by atoms with Crippen molar-refractivity contribution >= 4 is 5.97 Å². The highest BCUT2D eigenvalue weighted by Crippen LogP contribution is 2.72. The number of aliphatic hydroxyl groups is 1. The van der Waals surface area contributed by atoms with Crippen LogP contribution < -0.4 is 0 Å². The number of ether oxygens (including phenoxy) is 1. The predicted octanol–water partition coefficient (Wildman–Crippen LogP) is 5.66. The number of allylic oxidation sites excluding steroid dienone is 1. The molecule has 0 radical (unpaired) electrons. The number of esters is 1. The molecule has 0 aromatic rings. The van der Waals surface area contributed by atoms with Crippen molar-refractivity contribution < 1.29 is 14.6 Å². The summed E-state index contributed by atoms with van der Waals surface area (Å²) in [5.74, 6) is 1.63. The van der Waals surface area contributed by atoms with Crippen molar-refractivity contribution in [1.82, 2.24) is 0 Å². The first-order valence-electron chi connectivity index (χ1n) is 11.5. The molecule has 0 aromatic carbocycles. The van der Waals surface area contributed by atoms with E-state index < -0.39 is 5.60 Å². The third-order valence-electron chi connectivity index (χ3n) is 9.99. The third kappa shape index (κ3) is 2.75. The van der Waals surface area contributed by atoms with Gasteiger partial charge < -0.3 is 9.84 Å². The van der Waals surface area contributed by atoms with Gasteiger partial charge in [-0.1, -0.05) is 26.8 Å². The molecule has 4 fully saturated rings. The number of hydrogen-bond acceptors (Lipinski definition) is 3. The summed E-state index contributed by atoms with van der Waals surface area (Å²) in [6.45, 7) is 13.0. The fraction of sp³-hybridized carbons (Fsp3) is 0.880. The fourth-order valence-electron chi connectivity index (χ4n) is 8.55. The standard InChI is InChI=1S/C25H40O3/c1-7-16(2)21(26)28-20-11-12-23(5)18(22(20,3)4)10-13-25-14-17(8-9-19(23)25)24(6,27)15-25/h7,17-20,27H,8-15H2,1-6H3. The highest BCUT2D eigenvalue weighted by atomic mass is 16.5. The maximum Gasteiger partial charge on any atom is 0.333 e. The molecule has 7 unspecified atom stereocenters. The lowest BCUT2D eigenvalue weighted by Gasteiger charge is -2.65. The second-order valence-electron chi connectivity index (χ2n) is 11.8. The molecule has 3 nitrogen and oxygen atoms in total. The van der Waals surface area contributed by atoms with Crippen LogP contribution >= 0.6 is 0 Å². The van der Waals surface area contributed by atoms with E-state index >= 15 is 0 Å². The minimum Gasteiger partial charge on any atom is -0.458 e. The van der Waals surface area contributed by atoms with Gasteiger partial charge in [0.05, 0.1) is 5.60 Å². The maximum absolute atomic E-state index is 12.5. The molecule has 4 saturated carbocycles. The Bertz CT molecular complexity index is 690. The smallest absolute Gasteiger partial charge is 0.333 e. The van der Waals surface area contributed by atoms with Crippen molar-refractivity contribution in [3.63, 3.8) is 0 Å². The van der Waals surface area contributed by atoms with Crippen molar-refractivity contribution in [2.45, 2.75) is 105 Å². The van der Waals surface area contributed by atoms with Gasteiger partial charge in [-0.25, -0.2) is 4.79 Å². The molecular formula is C25H40O3. The summed E-state index contributed by atoms with van der Waals surface area (Å²) in [5, 5.41) is 11.0. The van der Waals surface area contributed by atoms with Crippen molar-refractivity contribution in [3.8, 4) is 0 Å². The number of carbonyl (C=O) groups excluding carboxylic acids is 1. The molecule has 1 N–H and O–H groups in total. The van der Waals surface area contributed by atoms with Gasteiger partial charge in [-0.3, -0.25) is 0 Å². The monoisotopic (exact) mass is 388 g/mol. The van der Waals surface area contributed by atoms with Crippen LogP contribution in [0.25, 0.3) is 0 Å². The molecule has 2 bridgehead atoms. The average molecular weight is 389 g/mol. The summed E-state index contributed by atoms with van der Waals surface area (Å²) < 4.78 is 6.03. The molecule has 0 saturated heterocycles. The Morgan fingerprint density at radius 2 is 1.75 bits per heavy atom. The number of fused-ring (bicyclic) bond motifs is 3. The third-order valence-corrected chi connectivity index (χ3v) is 9.99. The summed E-state index contributed by atoms with van der Waals surface area (Å²) in [6.07, 6.45) is 11.1. The van der Waals surface area contributed by atoms with Crippen molar-refractivity contribution in [2.75, 3.05) is 0 Å². The van der Waals surface area contributed by atoms with E-state index in [0.717, 1.165) is 19.3 Å². The van der Waals surface area contributed by atoms with E-state index in [1.165, 1.54) is 32.1 Å². The largest absolute Gasteiger partial charge is 0.458 e. The highest BCUT2D eigenvalue weighted by molar-refractivity contribution is 5.87. The molecular weight excluding hydrogens is 348 g/mol. The van der Waals surface area contributed by atoms with Crippen LogP contribution in [-0.2, 0) is 9.53 Å². The Hall–Kier alpha value is -0.830. The molecule has 4 aliphatic rings. The molecule has 1 spiro atoms. The van der Waals surface area contributed by atoms with Crippen LogP contribution in [0.15, 0.2) is 11.6 Å². The number of carbonyl (C=O) groups is 1. The minimum absolute atomic E-state index is 0.00371. The van der Waals surface area contributed by atoms with Crippen LogP contribution in [0, 0.1) is 34.0 Å². The van der Waals surface area contributed by atoms with Gasteiger partial charge in [-0.2, -0.15) is 0 Å². The van der Waals surface area contributed by atoms with Crippen molar-refractivity contribution in [2.24, 2.45) is 34.0 Å². The van der Waals surface area contributed by atoms with E-state index in [9.17, 15) is 9.90 Å². The summed E-state index contributed by atoms with van der Waals surface area (Å²) in [5.41, 5.74) is 0.878. The van der Waals surface area contributed by atoms with Crippen LogP contribution in [0.2, 0.25) is 0 Å². The van der Waals surface area contributed by atoms with E-state index in [-0.39, 0.29) is 17.5 Å². The summed E-state index contributed by atoms with van der Waals surface area (Å²) in [7, 11) is 0. The Morgan fingerprint density at radius 1 is 1.04 bits per heavy atom. The Kier molecular flexibility index (Phi) is 4.62. The number of hydrogen-bond donors (Lipinski definition) is 1. The molecule has 7 atom stereocenters. The second-order valence-corrected chi connectivity index (χ2v) is 11.8. The first-order chi connectivity index (χ1) is 13.0.